The van der Waals surface area contributed by atoms with Gasteiger partial charge in [0.05, 0.1) is 23.0 Å². The number of anilines is 1. The summed E-state index contributed by atoms with van der Waals surface area (Å²) in [5.41, 5.74) is 1.52. The van der Waals surface area contributed by atoms with Crippen LogP contribution in [0.5, 0.6) is 6.01 Å². The van der Waals surface area contributed by atoms with Crippen molar-refractivity contribution in [1.82, 2.24) is 24.8 Å². The summed E-state index contributed by atoms with van der Waals surface area (Å²) in [6.07, 6.45) is 12.5. The topological polar surface area (TPSA) is 94.9 Å². The van der Waals surface area contributed by atoms with E-state index in [1.807, 2.05) is 36.4 Å². The summed E-state index contributed by atoms with van der Waals surface area (Å²) in [6.45, 7) is 3.51. The fraction of sp³-hybridized carbons (Fsp3) is 0.412. The van der Waals surface area contributed by atoms with Crippen LogP contribution in [0.4, 0.5) is 15.0 Å². The van der Waals surface area contributed by atoms with Crippen molar-refractivity contribution in [3.05, 3.63) is 54.0 Å². The van der Waals surface area contributed by atoms with Gasteiger partial charge >= 0.3 is 12.1 Å². The van der Waals surface area contributed by atoms with Gasteiger partial charge in [0.1, 0.15) is 23.6 Å². The number of nitrogens with zero attached hydrogens (tertiary/aromatic N) is 6. The van der Waals surface area contributed by atoms with E-state index in [-0.39, 0.29) is 34.8 Å². The van der Waals surface area contributed by atoms with Crippen LogP contribution in [0.15, 0.2) is 42.6 Å². The number of carboxylic acid groups (broad SMARTS) is 1. The molecule has 44 heavy (non-hydrogen) atoms. The normalized spacial score (nSPS) is 22.5. The molecule has 4 saturated heterocycles. The average molecular weight is 593 g/mol. The molecule has 8 rings (SSSR count). The molecule has 2 aromatic heterocycles. The van der Waals surface area contributed by atoms with Crippen molar-refractivity contribution in [2.45, 2.75) is 56.1 Å². The van der Waals surface area contributed by atoms with E-state index in [2.05, 4.69) is 25.7 Å². The number of hydrogen-bond donors (Lipinski definition) is 1. The predicted molar refractivity (Wildman–Crippen MR) is 165 cm³/mol. The number of aromatic nitrogens is 3. The molecule has 0 radical (unpaired) electrons. The Morgan fingerprint density at radius 2 is 1.82 bits per heavy atom. The Balaban J connectivity index is 1.25. The summed E-state index contributed by atoms with van der Waals surface area (Å²) in [6, 6.07) is 11.2. The summed E-state index contributed by atoms with van der Waals surface area (Å²) in [4.78, 5) is 32.3. The molecule has 4 aliphatic rings. The molecule has 2 atom stereocenters. The zero-order valence-corrected chi connectivity index (χ0v) is 24.4. The average Bonchev–Trinajstić information content (AvgIpc) is 3.70. The van der Waals surface area contributed by atoms with E-state index in [1.165, 1.54) is 0 Å². The molecule has 0 saturated carbocycles. The van der Waals surface area contributed by atoms with Gasteiger partial charge in [0.25, 0.3) is 0 Å². The first-order chi connectivity index (χ1) is 21.5. The molecular formula is C34H33FN6O3. The standard InChI is InChI=1S/C34H33FN6O3/c1-2-21-7-3-8-22-9-4-10-25(27(21)22)29-28(35)30-26(17-36-29)31(39-18-23-11-12-24(19-39)41(23)33(42)43)38-32(37-30)44-20-34-13-5-15-40(34)16-6-14-34/h1,3-4,7-10,17,23-24H,5-6,11-16,18-20H2,(H,42,43)/t23-,24+. The Labute approximate surface area is 254 Å². The lowest BCUT2D eigenvalue weighted by atomic mass is 9.95. The number of piperazine rings is 1. The molecule has 4 aliphatic heterocycles. The van der Waals surface area contributed by atoms with Crippen molar-refractivity contribution >= 4 is 33.6 Å². The number of halogens is 1. The second-order valence-electron chi connectivity index (χ2n) is 12.6. The molecule has 0 spiro atoms. The molecule has 2 aromatic carbocycles. The predicted octanol–water partition coefficient (Wildman–Crippen LogP) is 5.30. The van der Waals surface area contributed by atoms with Gasteiger partial charge in [-0.3, -0.25) is 14.8 Å². The number of terminal acetylenes is 1. The second kappa shape index (κ2) is 10.3. The van der Waals surface area contributed by atoms with E-state index in [4.69, 9.17) is 16.1 Å². The highest BCUT2D eigenvalue weighted by Gasteiger charge is 2.46. The SMILES string of the molecule is C#Cc1cccc2cccc(-c3ncc4c(N5C[C@H]6CC[C@@H](C5)N6C(=O)O)nc(OCC56CCCN5CCC6)nc4c3F)c12. The van der Waals surface area contributed by atoms with E-state index < -0.39 is 11.9 Å². The number of hydrogen-bond acceptors (Lipinski definition) is 7. The summed E-state index contributed by atoms with van der Waals surface area (Å²) >= 11 is 0. The van der Waals surface area contributed by atoms with E-state index in [0.29, 0.717) is 42.0 Å². The van der Waals surface area contributed by atoms with Gasteiger partial charge in [-0.05, 0) is 63.1 Å². The Bertz CT molecular complexity index is 1830. The number of ether oxygens (including phenoxy) is 1. The van der Waals surface area contributed by atoms with Gasteiger partial charge in [0.15, 0.2) is 5.82 Å². The van der Waals surface area contributed by atoms with Crippen LogP contribution in [0.25, 0.3) is 32.9 Å². The van der Waals surface area contributed by atoms with Crippen molar-refractivity contribution < 1.29 is 19.0 Å². The van der Waals surface area contributed by atoms with Crippen molar-refractivity contribution in [2.24, 2.45) is 0 Å². The van der Waals surface area contributed by atoms with Gasteiger partial charge in [0, 0.05) is 35.8 Å². The lowest BCUT2D eigenvalue weighted by Gasteiger charge is -2.40. The molecule has 0 unspecified atom stereocenters. The molecule has 6 heterocycles. The number of pyridine rings is 1. The first-order valence-electron chi connectivity index (χ1n) is 15.4. The van der Waals surface area contributed by atoms with E-state index in [0.717, 1.165) is 62.4 Å². The lowest BCUT2D eigenvalue weighted by Crippen LogP contribution is -2.55. The molecule has 2 bridgehead atoms. The number of benzene rings is 2. The number of fused-ring (bicyclic) bond motifs is 5. The van der Waals surface area contributed by atoms with Gasteiger partial charge < -0.3 is 14.7 Å². The maximum absolute atomic E-state index is 16.8. The van der Waals surface area contributed by atoms with Gasteiger partial charge in [-0.1, -0.05) is 36.3 Å². The Morgan fingerprint density at radius 3 is 2.52 bits per heavy atom. The van der Waals surface area contributed by atoms with Gasteiger partial charge in [-0.25, -0.2) is 9.18 Å². The van der Waals surface area contributed by atoms with Gasteiger partial charge in [-0.15, -0.1) is 6.42 Å². The van der Waals surface area contributed by atoms with Crippen LogP contribution in [0.1, 0.15) is 44.1 Å². The highest BCUT2D eigenvalue weighted by molar-refractivity contribution is 6.02. The molecular weight excluding hydrogens is 559 g/mol. The van der Waals surface area contributed by atoms with E-state index in [9.17, 15) is 9.90 Å². The maximum atomic E-state index is 16.8. The van der Waals surface area contributed by atoms with Crippen LogP contribution in [-0.4, -0.2) is 86.4 Å². The minimum atomic E-state index is -0.899. The van der Waals surface area contributed by atoms with Crippen LogP contribution in [0, 0.1) is 18.2 Å². The van der Waals surface area contributed by atoms with E-state index in [1.54, 1.807) is 11.1 Å². The summed E-state index contributed by atoms with van der Waals surface area (Å²) < 4.78 is 23.1. The largest absolute Gasteiger partial charge is 0.465 e. The molecule has 4 aromatic rings. The van der Waals surface area contributed by atoms with Crippen molar-refractivity contribution in [1.29, 1.82) is 0 Å². The van der Waals surface area contributed by atoms with E-state index >= 15 is 4.39 Å². The van der Waals surface area contributed by atoms with Gasteiger partial charge in [-0.2, -0.15) is 9.97 Å². The third-order valence-corrected chi connectivity index (χ3v) is 10.2. The summed E-state index contributed by atoms with van der Waals surface area (Å²) in [5, 5.41) is 11.9. The van der Waals surface area contributed by atoms with Gasteiger partial charge in [0.2, 0.25) is 0 Å². The third kappa shape index (κ3) is 4.17. The van der Waals surface area contributed by atoms with Crippen molar-refractivity contribution in [3.63, 3.8) is 0 Å². The Morgan fingerprint density at radius 1 is 1.09 bits per heavy atom. The minimum absolute atomic E-state index is 0.0266. The fourth-order valence-electron chi connectivity index (χ4n) is 8.22. The second-order valence-corrected chi connectivity index (χ2v) is 12.6. The van der Waals surface area contributed by atoms with Crippen LogP contribution >= 0.6 is 0 Å². The van der Waals surface area contributed by atoms with Crippen molar-refractivity contribution in [2.75, 3.05) is 37.7 Å². The molecule has 4 fully saturated rings. The highest BCUT2D eigenvalue weighted by atomic mass is 19.1. The molecule has 224 valence electrons. The third-order valence-electron chi connectivity index (χ3n) is 10.2. The fourth-order valence-corrected chi connectivity index (χ4v) is 8.22. The smallest absolute Gasteiger partial charge is 0.407 e. The zero-order chi connectivity index (χ0) is 30.0. The number of amides is 1. The lowest BCUT2D eigenvalue weighted by molar-refractivity contribution is 0.107. The number of carbonyl (C=O) groups is 1. The highest BCUT2D eigenvalue weighted by Crippen LogP contribution is 2.41. The van der Waals surface area contributed by atoms with Crippen LogP contribution < -0.4 is 9.64 Å². The summed E-state index contributed by atoms with van der Waals surface area (Å²) in [7, 11) is 0. The summed E-state index contributed by atoms with van der Waals surface area (Å²) in [5.74, 6) is 2.69. The first kappa shape index (κ1) is 27.1. The Kier molecular flexibility index (Phi) is 6.34. The quantitative estimate of drug-likeness (QED) is 0.312. The minimum Gasteiger partial charge on any atom is -0.465 e. The van der Waals surface area contributed by atoms with Crippen molar-refractivity contribution in [3.8, 4) is 29.6 Å². The molecule has 10 heteroatoms. The zero-order valence-electron chi connectivity index (χ0n) is 24.4. The number of rotatable bonds is 5. The van der Waals surface area contributed by atoms with Crippen LogP contribution in [0.3, 0.4) is 0 Å². The van der Waals surface area contributed by atoms with Crippen LogP contribution in [0.2, 0.25) is 0 Å². The van der Waals surface area contributed by atoms with Crippen LogP contribution in [-0.2, 0) is 0 Å². The maximum Gasteiger partial charge on any atom is 0.407 e. The first-order valence-corrected chi connectivity index (χ1v) is 15.4. The monoisotopic (exact) mass is 592 g/mol. The molecule has 0 aliphatic carbocycles. The Hall–Kier alpha value is -4.49. The molecule has 1 amide bonds. The molecule has 9 nitrogen and oxygen atoms in total. The molecule has 1 N–H and O–H groups in total.